The predicted molar refractivity (Wildman–Crippen MR) is 97.5 cm³/mol. The quantitative estimate of drug-likeness (QED) is 0.640. The van der Waals surface area contributed by atoms with Crippen molar-refractivity contribution in [3.05, 3.63) is 60.0 Å². The largest absolute Gasteiger partial charge is 0.464 e. The SMILES string of the molecule is COC(=O)c1cc2cc(S(=O)(=O)N(C)C)ccc2n1Cc1ccncc1. The number of fused-ring (bicyclic) bond motifs is 1. The molecule has 26 heavy (non-hydrogen) atoms. The van der Waals surface area contributed by atoms with Crippen LogP contribution in [0.2, 0.25) is 0 Å². The Morgan fingerprint density at radius 2 is 1.85 bits per heavy atom. The first-order valence-electron chi connectivity index (χ1n) is 7.87. The Morgan fingerprint density at radius 1 is 1.15 bits per heavy atom. The van der Waals surface area contributed by atoms with E-state index in [1.54, 1.807) is 36.7 Å². The molecule has 136 valence electrons. The van der Waals surface area contributed by atoms with E-state index in [2.05, 4.69) is 4.98 Å². The number of ether oxygens (including phenoxy) is 1. The fourth-order valence-electron chi connectivity index (χ4n) is 2.74. The second kappa shape index (κ2) is 6.89. The van der Waals surface area contributed by atoms with Crippen LogP contribution in [0, 0.1) is 0 Å². The van der Waals surface area contributed by atoms with E-state index in [0.717, 1.165) is 15.4 Å². The summed E-state index contributed by atoms with van der Waals surface area (Å²) in [4.78, 5) is 16.4. The molecule has 0 radical (unpaired) electrons. The van der Waals surface area contributed by atoms with E-state index >= 15 is 0 Å². The van der Waals surface area contributed by atoms with E-state index in [1.807, 2.05) is 16.7 Å². The summed E-state index contributed by atoms with van der Waals surface area (Å²) in [5.74, 6) is -0.479. The van der Waals surface area contributed by atoms with Gasteiger partial charge in [-0.1, -0.05) is 0 Å². The predicted octanol–water partition coefficient (Wildman–Crippen LogP) is 2.12. The summed E-state index contributed by atoms with van der Waals surface area (Å²) in [5.41, 5.74) is 2.08. The van der Waals surface area contributed by atoms with Crippen LogP contribution in [0.15, 0.2) is 53.7 Å². The first-order valence-corrected chi connectivity index (χ1v) is 9.31. The summed E-state index contributed by atoms with van der Waals surface area (Å²) < 4.78 is 32.6. The number of aromatic nitrogens is 2. The third kappa shape index (κ3) is 3.21. The van der Waals surface area contributed by atoms with E-state index in [1.165, 1.54) is 21.2 Å². The number of rotatable bonds is 5. The molecule has 3 aromatic rings. The van der Waals surface area contributed by atoms with Gasteiger partial charge in [0, 0.05) is 43.9 Å². The molecular weight excluding hydrogens is 354 g/mol. The minimum Gasteiger partial charge on any atom is -0.464 e. The zero-order valence-corrected chi connectivity index (χ0v) is 15.5. The molecule has 0 atom stereocenters. The molecule has 7 nitrogen and oxygen atoms in total. The number of nitrogens with zero attached hydrogens (tertiary/aromatic N) is 3. The van der Waals surface area contributed by atoms with Crippen LogP contribution in [-0.4, -0.2) is 49.4 Å². The lowest BCUT2D eigenvalue weighted by Crippen LogP contribution is -2.22. The average molecular weight is 373 g/mol. The molecule has 1 aromatic carbocycles. The zero-order valence-electron chi connectivity index (χ0n) is 14.7. The maximum absolute atomic E-state index is 12.4. The van der Waals surface area contributed by atoms with Crippen LogP contribution in [0.4, 0.5) is 0 Å². The number of pyridine rings is 1. The van der Waals surface area contributed by atoms with Crippen LogP contribution in [0.3, 0.4) is 0 Å². The lowest BCUT2D eigenvalue weighted by Gasteiger charge is -2.12. The minimum absolute atomic E-state index is 0.174. The second-order valence-corrected chi connectivity index (χ2v) is 8.12. The van der Waals surface area contributed by atoms with E-state index in [-0.39, 0.29) is 4.90 Å². The third-order valence-electron chi connectivity index (χ3n) is 4.14. The Bertz CT molecular complexity index is 1060. The van der Waals surface area contributed by atoms with E-state index < -0.39 is 16.0 Å². The molecule has 0 aliphatic heterocycles. The summed E-state index contributed by atoms with van der Waals surface area (Å²) in [6, 6.07) is 10.2. The van der Waals surface area contributed by atoms with Crippen molar-refractivity contribution in [3.63, 3.8) is 0 Å². The fourth-order valence-corrected chi connectivity index (χ4v) is 3.67. The minimum atomic E-state index is -3.56. The van der Waals surface area contributed by atoms with Crippen molar-refractivity contribution in [1.82, 2.24) is 13.9 Å². The molecule has 0 amide bonds. The molecule has 0 bridgehead atoms. The second-order valence-electron chi connectivity index (χ2n) is 5.97. The van der Waals surface area contributed by atoms with Crippen LogP contribution in [-0.2, 0) is 21.3 Å². The molecule has 2 heterocycles. The van der Waals surface area contributed by atoms with Gasteiger partial charge >= 0.3 is 5.97 Å². The molecule has 2 aromatic heterocycles. The van der Waals surface area contributed by atoms with Gasteiger partial charge in [-0.15, -0.1) is 0 Å². The first-order chi connectivity index (χ1) is 12.3. The van der Waals surface area contributed by atoms with Gasteiger partial charge in [-0.2, -0.15) is 0 Å². The van der Waals surface area contributed by atoms with Crippen molar-refractivity contribution in [2.75, 3.05) is 21.2 Å². The number of esters is 1. The molecule has 0 saturated heterocycles. The van der Waals surface area contributed by atoms with Crippen LogP contribution < -0.4 is 0 Å². The lowest BCUT2D eigenvalue weighted by molar-refractivity contribution is 0.0589. The van der Waals surface area contributed by atoms with E-state index in [9.17, 15) is 13.2 Å². The van der Waals surface area contributed by atoms with Crippen LogP contribution in [0.25, 0.3) is 10.9 Å². The highest BCUT2D eigenvalue weighted by Gasteiger charge is 2.21. The van der Waals surface area contributed by atoms with E-state index in [0.29, 0.717) is 17.6 Å². The number of methoxy groups -OCH3 is 1. The third-order valence-corrected chi connectivity index (χ3v) is 5.95. The number of sulfonamides is 1. The number of hydrogen-bond donors (Lipinski definition) is 0. The van der Waals surface area contributed by atoms with Gasteiger partial charge in [0.15, 0.2) is 0 Å². The van der Waals surface area contributed by atoms with Crippen LogP contribution in [0.1, 0.15) is 16.1 Å². The fraction of sp³-hybridized carbons (Fsp3) is 0.222. The maximum atomic E-state index is 12.4. The zero-order chi connectivity index (χ0) is 18.9. The van der Waals surface area contributed by atoms with Gasteiger partial charge in [0.05, 0.1) is 12.0 Å². The highest BCUT2D eigenvalue weighted by molar-refractivity contribution is 7.89. The molecule has 0 N–H and O–H groups in total. The molecule has 8 heteroatoms. The summed E-state index contributed by atoms with van der Waals surface area (Å²) in [6.45, 7) is 0.441. The number of hydrogen-bond acceptors (Lipinski definition) is 5. The van der Waals surface area contributed by atoms with Crippen molar-refractivity contribution in [3.8, 4) is 0 Å². The normalized spacial score (nSPS) is 11.8. The summed E-state index contributed by atoms with van der Waals surface area (Å²) >= 11 is 0. The molecule has 0 unspecified atom stereocenters. The smallest absolute Gasteiger partial charge is 0.354 e. The molecule has 0 spiro atoms. The summed E-state index contributed by atoms with van der Waals surface area (Å²) in [5, 5.41) is 0.655. The Kier molecular flexibility index (Phi) is 4.80. The monoisotopic (exact) mass is 373 g/mol. The van der Waals surface area contributed by atoms with Crippen molar-refractivity contribution >= 4 is 26.9 Å². The maximum Gasteiger partial charge on any atom is 0.354 e. The van der Waals surface area contributed by atoms with Gasteiger partial charge in [0.1, 0.15) is 5.69 Å². The Balaban J connectivity index is 2.17. The van der Waals surface area contributed by atoms with Crippen molar-refractivity contribution < 1.29 is 17.9 Å². The number of carbonyl (C=O) groups excluding carboxylic acids is 1. The molecule has 3 rings (SSSR count). The number of benzene rings is 1. The number of carbonyl (C=O) groups is 1. The highest BCUT2D eigenvalue weighted by Crippen LogP contribution is 2.26. The van der Waals surface area contributed by atoms with Crippen LogP contribution >= 0.6 is 0 Å². The van der Waals surface area contributed by atoms with Gasteiger partial charge < -0.3 is 9.30 Å². The molecule has 0 fully saturated rings. The van der Waals surface area contributed by atoms with Gasteiger partial charge in [0.2, 0.25) is 10.0 Å². The van der Waals surface area contributed by atoms with Crippen LogP contribution in [0.5, 0.6) is 0 Å². The summed E-state index contributed by atoms with van der Waals surface area (Å²) in [6.07, 6.45) is 3.36. The Labute approximate surface area is 151 Å². The molecular formula is C18H19N3O4S. The Hall–Kier alpha value is -2.71. The van der Waals surface area contributed by atoms with Crippen molar-refractivity contribution in [1.29, 1.82) is 0 Å². The van der Waals surface area contributed by atoms with E-state index in [4.69, 9.17) is 4.74 Å². The van der Waals surface area contributed by atoms with Crippen molar-refractivity contribution in [2.24, 2.45) is 0 Å². The van der Waals surface area contributed by atoms with Gasteiger partial charge in [-0.25, -0.2) is 17.5 Å². The summed E-state index contributed by atoms with van der Waals surface area (Å²) in [7, 11) is 0.722. The highest BCUT2D eigenvalue weighted by atomic mass is 32.2. The van der Waals surface area contributed by atoms with Gasteiger partial charge in [0.25, 0.3) is 0 Å². The van der Waals surface area contributed by atoms with Gasteiger partial charge in [-0.3, -0.25) is 4.98 Å². The van der Waals surface area contributed by atoms with Crippen molar-refractivity contribution in [2.45, 2.75) is 11.4 Å². The van der Waals surface area contributed by atoms with Gasteiger partial charge in [-0.05, 0) is 42.0 Å². The lowest BCUT2D eigenvalue weighted by atomic mass is 10.2. The Morgan fingerprint density at radius 3 is 2.46 bits per heavy atom. The molecule has 0 aliphatic rings. The average Bonchev–Trinajstić information content (AvgIpc) is 2.99. The standard InChI is InChI=1S/C18H19N3O4S/c1-20(2)26(23,24)15-4-5-16-14(10-15)11-17(18(22)25-3)21(16)12-13-6-8-19-9-7-13/h4-11H,12H2,1-3H3. The molecule has 0 saturated carbocycles. The molecule has 0 aliphatic carbocycles. The topological polar surface area (TPSA) is 81.5 Å². The first kappa shape index (κ1) is 18.1.